The molecular formula is C32H31N2Si+. The molecule has 4 aromatic carbocycles. The van der Waals surface area contributed by atoms with E-state index < -0.39 is 8.07 Å². The van der Waals surface area contributed by atoms with Gasteiger partial charge < -0.3 is 4.40 Å². The maximum atomic E-state index is 2.61. The van der Waals surface area contributed by atoms with Crippen molar-refractivity contribution >= 4 is 73.0 Å². The summed E-state index contributed by atoms with van der Waals surface area (Å²) in [7, 11) is 0.734. The molecule has 0 fully saturated rings. The molecule has 0 spiro atoms. The summed E-state index contributed by atoms with van der Waals surface area (Å²) >= 11 is 0. The van der Waals surface area contributed by atoms with Crippen molar-refractivity contribution in [2.45, 2.75) is 40.4 Å². The average Bonchev–Trinajstić information content (AvgIpc) is 3.16. The normalized spacial score (nSPS) is 13.0. The van der Waals surface area contributed by atoms with Crippen molar-refractivity contribution in [3.8, 4) is 0 Å². The van der Waals surface area contributed by atoms with Gasteiger partial charge in [0.15, 0.2) is 6.20 Å². The molecule has 3 heterocycles. The highest BCUT2D eigenvalue weighted by Crippen LogP contribution is 2.43. The van der Waals surface area contributed by atoms with E-state index in [1.54, 1.807) is 0 Å². The number of fused-ring (bicyclic) bond motifs is 7. The number of pyridine rings is 2. The Bertz CT molecular complexity index is 2020. The van der Waals surface area contributed by atoms with Crippen LogP contribution in [0.3, 0.4) is 0 Å². The van der Waals surface area contributed by atoms with E-state index in [0.29, 0.717) is 0 Å². The fourth-order valence-corrected chi connectivity index (χ4v) is 7.60. The van der Waals surface area contributed by atoms with E-state index >= 15 is 0 Å². The van der Waals surface area contributed by atoms with E-state index in [1.165, 1.54) is 81.6 Å². The summed E-state index contributed by atoms with van der Waals surface area (Å²) in [5, 5.41) is 11.0. The topological polar surface area (TPSA) is 8.29 Å². The molecule has 0 radical (unpaired) electrons. The van der Waals surface area contributed by atoms with Gasteiger partial charge in [0.1, 0.15) is 7.05 Å². The minimum atomic E-state index is -1.47. The molecule has 7 rings (SSSR count). The molecule has 2 nitrogen and oxygen atoms in total. The lowest BCUT2D eigenvalue weighted by Gasteiger charge is -2.19. The van der Waals surface area contributed by atoms with E-state index in [-0.39, 0.29) is 0 Å². The lowest BCUT2D eigenvalue weighted by molar-refractivity contribution is -0.643. The summed E-state index contributed by atoms with van der Waals surface area (Å²) in [6.07, 6.45) is 2.23. The zero-order chi connectivity index (χ0) is 24.4. The number of rotatable bonds is 1. The monoisotopic (exact) mass is 471 g/mol. The second kappa shape index (κ2) is 6.61. The third-order valence-corrected chi connectivity index (χ3v) is 10.3. The van der Waals surface area contributed by atoms with E-state index in [2.05, 4.69) is 117 Å². The van der Waals surface area contributed by atoms with Gasteiger partial charge in [-0.1, -0.05) is 72.9 Å². The number of aryl methyl sites for hydroxylation is 4. The van der Waals surface area contributed by atoms with Crippen LogP contribution in [0, 0.1) is 20.8 Å². The third kappa shape index (κ3) is 2.57. The first-order valence-corrected chi connectivity index (χ1v) is 16.1. The van der Waals surface area contributed by atoms with E-state index in [0.717, 1.165) is 0 Å². The van der Waals surface area contributed by atoms with Gasteiger partial charge >= 0.3 is 0 Å². The molecule has 3 heteroatoms. The van der Waals surface area contributed by atoms with Crippen LogP contribution in [0.25, 0.3) is 59.8 Å². The molecule has 172 valence electrons. The summed E-state index contributed by atoms with van der Waals surface area (Å²) in [4.78, 5) is 0. The van der Waals surface area contributed by atoms with Crippen molar-refractivity contribution < 1.29 is 4.57 Å². The quantitative estimate of drug-likeness (QED) is 0.102. The zero-order valence-electron chi connectivity index (χ0n) is 21.7. The molecule has 0 amide bonds. The molecule has 0 saturated carbocycles. The minimum Gasteiger partial charge on any atom is -0.307 e. The highest BCUT2D eigenvalue weighted by Gasteiger charge is 2.27. The van der Waals surface area contributed by atoms with Crippen molar-refractivity contribution in [3.05, 3.63) is 77.5 Å². The Kier molecular flexibility index (Phi) is 3.95. The van der Waals surface area contributed by atoms with Gasteiger partial charge in [-0.05, 0) is 54.1 Å². The molecule has 0 atom stereocenters. The van der Waals surface area contributed by atoms with Gasteiger partial charge in [-0.2, -0.15) is 0 Å². The van der Waals surface area contributed by atoms with Crippen molar-refractivity contribution in [1.29, 1.82) is 0 Å². The molecule has 0 aliphatic carbocycles. The first-order valence-electron chi connectivity index (χ1n) is 12.6. The molecule has 0 aliphatic rings. The van der Waals surface area contributed by atoms with Crippen LogP contribution in [-0.4, -0.2) is 12.5 Å². The molecule has 35 heavy (non-hydrogen) atoms. The maximum Gasteiger partial charge on any atom is 0.224 e. The first-order chi connectivity index (χ1) is 16.7. The Morgan fingerprint density at radius 3 is 2.20 bits per heavy atom. The Hall–Kier alpha value is -3.43. The van der Waals surface area contributed by atoms with Crippen LogP contribution in [0.4, 0.5) is 0 Å². The number of hydrogen-bond acceptors (Lipinski definition) is 0. The Balaban J connectivity index is 1.92. The van der Waals surface area contributed by atoms with Crippen molar-refractivity contribution in [2.75, 3.05) is 0 Å². The average molecular weight is 472 g/mol. The zero-order valence-corrected chi connectivity index (χ0v) is 22.7. The molecule has 0 N–H and O–H groups in total. The second-order valence-electron chi connectivity index (χ2n) is 11.5. The van der Waals surface area contributed by atoms with Crippen molar-refractivity contribution in [1.82, 2.24) is 4.40 Å². The number of hydrogen-bond donors (Lipinski definition) is 0. The van der Waals surface area contributed by atoms with Crippen LogP contribution in [0.5, 0.6) is 0 Å². The lowest BCUT2D eigenvalue weighted by Crippen LogP contribution is -2.37. The highest BCUT2D eigenvalue weighted by atomic mass is 28.3. The standard InChI is InChI=1S/C32H31N2Si/c1-18-8-11-23-19(2)28-30(20(3)26(23)16-18)34-27-17-22(35(5,6)7)10-13-24(27)25-12-9-21-14-15-33(4)32(28)29(21)31(25)34/h8-17H,1-7H3/q+1. The van der Waals surface area contributed by atoms with Crippen LogP contribution in [0.15, 0.2) is 60.8 Å². The van der Waals surface area contributed by atoms with Gasteiger partial charge in [0, 0.05) is 16.8 Å². The van der Waals surface area contributed by atoms with Gasteiger partial charge in [0.05, 0.1) is 35.4 Å². The van der Waals surface area contributed by atoms with Gasteiger partial charge in [-0.15, -0.1) is 0 Å². The minimum absolute atomic E-state index is 1.31. The maximum absolute atomic E-state index is 2.61. The van der Waals surface area contributed by atoms with Crippen LogP contribution in [-0.2, 0) is 7.05 Å². The van der Waals surface area contributed by atoms with Gasteiger partial charge in [0.25, 0.3) is 0 Å². The summed E-state index contributed by atoms with van der Waals surface area (Å²) in [5.74, 6) is 0. The molecule has 0 bridgehead atoms. The SMILES string of the molecule is Cc1ccc2c(C)c3c(c(C)c2c1)n1c2cc([Si](C)(C)C)ccc2c2ccc4cc[n+](C)c3c4c21. The Labute approximate surface area is 206 Å². The van der Waals surface area contributed by atoms with Crippen LogP contribution in [0.1, 0.15) is 16.7 Å². The summed E-state index contributed by atoms with van der Waals surface area (Å²) < 4.78 is 4.95. The van der Waals surface area contributed by atoms with E-state index in [9.17, 15) is 0 Å². The molecule has 0 unspecified atom stereocenters. The molecular weight excluding hydrogens is 440 g/mol. The first kappa shape index (κ1) is 20.9. The number of nitrogens with zero attached hydrogens (tertiary/aromatic N) is 2. The fourth-order valence-electron chi connectivity index (χ4n) is 6.44. The lowest BCUT2D eigenvalue weighted by atomic mass is 9.92. The third-order valence-electron chi connectivity index (χ3n) is 8.31. The second-order valence-corrected chi connectivity index (χ2v) is 16.6. The van der Waals surface area contributed by atoms with Crippen molar-refractivity contribution in [3.63, 3.8) is 0 Å². The molecule has 7 aromatic rings. The predicted octanol–water partition coefficient (Wildman–Crippen LogP) is 7.44. The van der Waals surface area contributed by atoms with E-state index in [1.807, 2.05) is 0 Å². The Morgan fingerprint density at radius 1 is 0.686 bits per heavy atom. The molecule has 0 aliphatic heterocycles. The van der Waals surface area contributed by atoms with Gasteiger partial charge in [-0.3, -0.25) is 0 Å². The van der Waals surface area contributed by atoms with Crippen LogP contribution in [0.2, 0.25) is 19.6 Å². The summed E-state index contributed by atoms with van der Waals surface area (Å²) in [6.45, 7) is 14.2. The van der Waals surface area contributed by atoms with Crippen LogP contribution < -0.4 is 9.75 Å². The molecule has 0 saturated heterocycles. The highest BCUT2D eigenvalue weighted by molar-refractivity contribution is 6.88. The number of aromatic nitrogens is 2. The smallest absolute Gasteiger partial charge is 0.224 e. The van der Waals surface area contributed by atoms with Crippen LogP contribution >= 0.6 is 0 Å². The fraction of sp³-hybridized carbons (Fsp3) is 0.219. The molecule has 3 aromatic heterocycles. The van der Waals surface area contributed by atoms with Gasteiger partial charge in [0.2, 0.25) is 5.52 Å². The van der Waals surface area contributed by atoms with Crippen molar-refractivity contribution in [2.24, 2.45) is 7.05 Å². The Morgan fingerprint density at radius 2 is 1.43 bits per heavy atom. The number of benzene rings is 4. The van der Waals surface area contributed by atoms with Gasteiger partial charge in [-0.25, -0.2) is 4.57 Å². The summed E-state index contributed by atoms with van der Waals surface area (Å²) in [5.41, 5.74) is 9.45. The summed E-state index contributed by atoms with van der Waals surface area (Å²) in [6, 6.07) is 21.1. The predicted molar refractivity (Wildman–Crippen MR) is 154 cm³/mol. The van der Waals surface area contributed by atoms with E-state index in [4.69, 9.17) is 0 Å². The largest absolute Gasteiger partial charge is 0.307 e.